The van der Waals surface area contributed by atoms with Crippen LogP contribution in [0.5, 0.6) is 11.6 Å². The summed E-state index contributed by atoms with van der Waals surface area (Å²) in [6.45, 7) is 3.77. The number of hydrazone groups is 1. The molecule has 0 amide bonds. The van der Waals surface area contributed by atoms with E-state index in [4.69, 9.17) is 16.3 Å². The summed E-state index contributed by atoms with van der Waals surface area (Å²) < 4.78 is 18.9. The quantitative estimate of drug-likeness (QED) is 0.415. The van der Waals surface area contributed by atoms with Crippen LogP contribution in [0.1, 0.15) is 17.0 Å². The molecular formula is C17H14ClFN6O. The first-order chi connectivity index (χ1) is 12.5. The zero-order valence-electron chi connectivity index (χ0n) is 13.9. The highest BCUT2D eigenvalue weighted by Gasteiger charge is 2.08. The van der Waals surface area contributed by atoms with Crippen molar-refractivity contribution in [1.82, 2.24) is 19.9 Å². The van der Waals surface area contributed by atoms with Crippen LogP contribution in [0.25, 0.3) is 0 Å². The molecule has 26 heavy (non-hydrogen) atoms. The number of hydrogen-bond donors (Lipinski definition) is 1. The standard InChI is InChI=1S/C17H14ClFN6O/c1-10-7-11(2)23-17(22-10)25-21-8-12-3-5-13(6-4-12)26-15-14(19)9-20-16(18)24-15/h3-9H,1-2H3,(H,22,23,25). The van der Waals surface area contributed by atoms with Crippen molar-refractivity contribution in [3.8, 4) is 11.6 Å². The molecule has 1 aromatic carbocycles. The second kappa shape index (κ2) is 7.83. The molecule has 1 N–H and O–H groups in total. The molecule has 0 saturated heterocycles. The second-order valence-corrected chi connectivity index (χ2v) is 5.65. The second-order valence-electron chi connectivity index (χ2n) is 5.31. The van der Waals surface area contributed by atoms with Crippen LogP contribution in [0.15, 0.2) is 41.6 Å². The Morgan fingerprint density at radius 3 is 2.50 bits per heavy atom. The zero-order valence-corrected chi connectivity index (χ0v) is 14.7. The van der Waals surface area contributed by atoms with Crippen LogP contribution >= 0.6 is 11.6 Å². The van der Waals surface area contributed by atoms with E-state index in [1.165, 1.54) is 0 Å². The SMILES string of the molecule is Cc1cc(C)nc(NN=Cc2ccc(Oc3nc(Cl)ncc3F)cc2)n1. The van der Waals surface area contributed by atoms with Gasteiger partial charge in [0.1, 0.15) is 5.75 Å². The molecule has 0 aliphatic rings. The van der Waals surface area contributed by atoms with Crippen LogP contribution < -0.4 is 10.2 Å². The van der Waals surface area contributed by atoms with Crippen molar-refractivity contribution < 1.29 is 9.13 Å². The van der Waals surface area contributed by atoms with E-state index in [-0.39, 0.29) is 11.2 Å². The van der Waals surface area contributed by atoms with E-state index in [1.54, 1.807) is 30.5 Å². The van der Waals surface area contributed by atoms with Gasteiger partial charge in [0.25, 0.3) is 5.88 Å². The number of aromatic nitrogens is 4. The van der Waals surface area contributed by atoms with Gasteiger partial charge in [0.05, 0.1) is 12.4 Å². The third-order valence-electron chi connectivity index (χ3n) is 3.14. The third-order valence-corrected chi connectivity index (χ3v) is 3.32. The first-order valence-corrected chi connectivity index (χ1v) is 7.95. The Labute approximate surface area is 154 Å². The molecule has 9 heteroatoms. The van der Waals surface area contributed by atoms with E-state index in [2.05, 4.69) is 30.5 Å². The maximum Gasteiger partial charge on any atom is 0.260 e. The highest BCUT2D eigenvalue weighted by molar-refractivity contribution is 6.28. The lowest BCUT2D eigenvalue weighted by Crippen LogP contribution is -1.99. The molecule has 2 heterocycles. The van der Waals surface area contributed by atoms with E-state index in [1.807, 2.05) is 19.9 Å². The Morgan fingerprint density at radius 1 is 1.12 bits per heavy atom. The molecule has 3 rings (SSSR count). The van der Waals surface area contributed by atoms with Gasteiger partial charge in [-0.05, 0) is 61.3 Å². The minimum Gasteiger partial charge on any atom is -0.436 e. The van der Waals surface area contributed by atoms with Gasteiger partial charge in [-0.15, -0.1) is 0 Å². The van der Waals surface area contributed by atoms with Gasteiger partial charge in [-0.2, -0.15) is 14.5 Å². The number of anilines is 1. The summed E-state index contributed by atoms with van der Waals surface area (Å²) in [4.78, 5) is 15.7. The van der Waals surface area contributed by atoms with E-state index in [9.17, 15) is 4.39 Å². The number of halogens is 2. The van der Waals surface area contributed by atoms with Gasteiger partial charge in [0.15, 0.2) is 0 Å². The molecule has 0 spiro atoms. The van der Waals surface area contributed by atoms with E-state index >= 15 is 0 Å². The molecule has 0 fully saturated rings. The van der Waals surface area contributed by atoms with Crippen LogP contribution in [-0.4, -0.2) is 26.2 Å². The average Bonchev–Trinajstić information content (AvgIpc) is 2.59. The van der Waals surface area contributed by atoms with Crippen LogP contribution in [0.2, 0.25) is 5.28 Å². The van der Waals surface area contributed by atoms with E-state index < -0.39 is 5.82 Å². The number of ether oxygens (including phenoxy) is 1. The van der Waals surface area contributed by atoms with Crippen molar-refractivity contribution in [3.05, 3.63) is 64.6 Å². The number of rotatable bonds is 5. The average molecular weight is 373 g/mol. The fourth-order valence-corrected chi connectivity index (χ4v) is 2.20. The first kappa shape index (κ1) is 17.7. The normalized spacial score (nSPS) is 10.9. The van der Waals surface area contributed by atoms with Crippen LogP contribution in [0.3, 0.4) is 0 Å². The maximum absolute atomic E-state index is 13.6. The summed E-state index contributed by atoms with van der Waals surface area (Å²) in [5, 5.41) is 4.00. The minimum absolute atomic E-state index is 0.0927. The van der Waals surface area contributed by atoms with Crippen molar-refractivity contribution >= 4 is 23.8 Å². The lowest BCUT2D eigenvalue weighted by molar-refractivity contribution is 0.420. The lowest BCUT2D eigenvalue weighted by Gasteiger charge is -2.05. The molecule has 0 saturated carbocycles. The van der Waals surface area contributed by atoms with E-state index in [0.717, 1.165) is 23.1 Å². The van der Waals surface area contributed by atoms with Crippen molar-refractivity contribution in [2.45, 2.75) is 13.8 Å². The topological polar surface area (TPSA) is 85.2 Å². The summed E-state index contributed by atoms with van der Waals surface area (Å²) in [6.07, 6.45) is 2.55. The number of nitrogens with zero attached hydrogens (tertiary/aromatic N) is 5. The van der Waals surface area contributed by atoms with Gasteiger partial charge >= 0.3 is 0 Å². The fourth-order valence-electron chi connectivity index (χ4n) is 2.08. The summed E-state index contributed by atoms with van der Waals surface area (Å²) >= 11 is 5.63. The van der Waals surface area contributed by atoms with Crippen molar-refractivity contribution in [3.63, 3.8) is 0 Å². The zero-order chi connectivity index (χ0) is 18.5. The maximum atomic E-state index is 13.6. The highest BCUT2D eigenvalue weighted by Crippen LogP contribution is 2.22. The number of aryl methyl sites for hydroxylation is 2. The molecule has 0 aliphatic heterocycles. The van der Waals surface area contributed by atoms with Gasteiger partial charge in [-0.25, -0.2) is 20.4 Å². The largest absolute Gasteiger partial charge is 0.436 e. The summed E-state index contributed by atoms with van der Waals surface area (Å²) in [6, 6.07) is 8.70. The molecule has 2 aromatic heterocycles. The molecular weight excluding hydrogens is 359 g/mol. The van der Waals surface area contributed by atoms with Gasteiger partial charge in [-0.1, -0.05) is 0 Å². The van der Waals surface area contributed by atoms with Crippen LogP contribution in [-0.2, 0) is 0 Å². The van der Waals surface area contributed by atoms with Gasteiger partial charge < -0.3 is 4.74 Å². The van der Waals surface area contributed by atoms with Crippen LogP contribution in [0.4, 0.5) is 10.3 Å². The lowest BCUT2D eigenvalue weighted by atomic mass is 10.2. The minimum atomic E-state index is -0.697. The first-order valence-electron chi connectivity index (χ1n) is 7.57. The Hall–Kier alpha value is -3.13. The fraction of sp³-hybridized carbons (Fsp3) is 0.118. The van der Waals surface area contributed by atoms with E-state index in [0.29, 0.717) is 11.7 Å². The predicted octanol–water partition coefficient (Wildman–Crippen LogP) is 3.91. The Balaban J connectivity index is 1.64. The molecule has 7 nitrogen and oxygen atoms in total. The Kier molecular flexibility index (Phi) is 5.33. The Bertz CT molecular complexity index is 928. The number of nitrogens with one attached hydrogen (secondary N) is 1. The van der Waals surface area contributed by atoms with Gasteiger partial charge in [0, 0.05) is 11.4 Å². The molecule has 0 atom stereocenters. The molecule has 0 bridgehead atoms. The Morgan fingerprint density at radius 2 is 1.81 bits per heavy atom. The molecule has 132 valence electrons. The number of hydrogen-bond acceptors (Lipinski definition) is 7. The molecule has 0 aliphatic carbocycles. The predicted molar refractivity (Wildman–Crippen MR) is 96.2 cm³/mol. The van der Waals surface area contributed by atoms with Gasteiger partial charge in [0.2, 0.25) is 17.0 Å². The summed E-state index contributed by atoms with van der Waals surface area (Å²) in [7, 11) is 0. The monoisotopic (exact) mass is 372 g/mol. The molecule has 0 radical (unpaired) electrons. The molecule has 3 aromatic rings. The van der Waals surface area contributed by atoms with Crippen molar-refractivity contribution in [2.75, 3.05) is 5.43 Å². The van der Waals surface area contributed by atoms with Crippen molar-refractivity contribution in [2.24, 2.45) is 5.10 Å². The van der Waals surface area contributed by atoms with Crippen molar-refractivity contribution in [1.29, 1.82) is 0 Å². The third kappa shape index (κ3) is 4.70. The molecule has 0 unspecified atom stereocenters. The van der Waals surface area contributed by atoms with Gasteiger partial charge in [-0.3, -0.25) is 0 Å². The summed E-state index contributed by atoms with van der Waals surface area (Å²) in [5.41, 5.74) is 5.29. The number of benzene rings is 1. The summed E-state index contributed by atoms with van der Waals surface area (Å²) in [5.74, 6) is -0.103. The smallest absolute Gasteiger partial charge is 0.260 e. The highest BCUT2D eigenvalue weighted by atomic mass is 35.5. The van der Waals surface area contributed by atoms with Crippen LogP contribution in [0, 0.1) is 19.7 Å².